The SMILES string of the molecule is COC(=O)CC[C@@H]1NC(=O)[C@H](CCC(N)=O)NC(=O)[C@@H]2CCCN2C(=O)[C@H]([C@@H](C)O)NC(=O)[C@H](CC(=O)O)NC(=O)[C@H](CC(C)C)NC(=O)[C@@H]2CCCN2C(=O)[C@@H]2CSCc3cc(cc(c3)OCCCCCCO/N=C/C(=O)N[C@@H](CCCCN)C(=O)N2)CSC[C@@H](C(N)=O)NC1=O. The molecule has 0 radical (unpaired) electrons. The van der Waals surface area contributed by atoms with Gasteiger partial charge in [0.1, 0.15) is 79.0 Å². The third-order valence-electron chi connectivity index (χ3n) is 16.5. The molecule has 0 aromatic heterocycles. The number of nitrogens with two attached hydrogens (primary N) is 3. The lowest BCUT2D eigenvalue weighted by molar-refractivity contribution is -0.146. The summed E-state index contributed by atoms with van der Waals surface area (Å²) in [6.07, 6.45) is 0.525. The van der Waals surface area contributed by atoms with E-state index in [4.69, 9.17) is 31.5 Å². The number of ether oxygens (including phenoxy) is 2. The number of carbonyl (C=O) groups excluding carboxylic acids is 13. The first kappa shape index (κ1) is 80.4. The highest BCUT2D eigenvalue weighted by Gasteiger charge is 2.44. The van der Waals surface area contributed by atoms with Crippen molar-refractivity contribution in [1.29, 1.82) is 0 Å². The summed E-state index contributed by atoms with van der Waals surface area (Å²) in [7, 11) is 1.10. The van der Waals surface area contributed by atoms with Gasteiger partial charge in [-0.05, 0) is 133 Å². The summed E-state index contributed by atoms with van der Waals surface area (Å²) < 4.78 is 11.1. The molecule has 98 heavy (non-hydrogen) atoms. The van der Waals surface area contributed by atoms with E-state index >= 15 is 4.79 Å². The first-order valence-corrected chi connectivity index (χ1v) is 35.4. The molecule has 2 saturated heterocycles. The molecule has 4 aliphatic heterocycles. The maximum Gasteiger partial charge on any atom is 0.305 e. The fraction of sp³-hybridized carbons (Fsp3) is 0.667. The number of unbranched alkanes of at least 4 members (excludes halogenated alkanes) is 1. The normalized spacial score (nSPS) is 26.3. The van der Waals surface area contributed by atoms with Gasteiger partial charge in [-0.25, -0.2) is 0 Å². The molecule has 5 rings (SSSR count). The monoisotopic (exact) mass is 1420 g/mol. The Morgan fingerprint density at radius 1 is 0.633 bits per heavy atom. The van der Waals surface area contributed by atoms with E-state index < -0.39 is 181 Å². The Balaban J connectivity index is 1.60. The Bertz CT molecular complexity index is 3020. The first-order valence-electron chi connectivity index (χ1n) is 33.0. The maximum absolute atomic E-state index is 15.1. The summed E-state index contributed by atoms with van der Waals surface area (Å²) in [6, 6.07) is -9.66. The van der Waals surface area contributed by atoms with Crippen molar-refractivity contribution in [2.45, 2.75) is 208 Å². The lowest BCUT2D eigenvalue weighted by Gasteiger charge is -2.32. The van der Waals surface area contributed by atoms with Gasteiger partial charge in [0.25, 0.3) is 5.91 Å². The summed E-state index contributed by atoms with van der Waals surface area (Å²) in [4.78, 5) is 201. The van der Waals surface area contributed by atoms with Crippen molar-refractivity contribution in [3.8, 4) is 5.75 Å². The number of hydrogen-bond acceptors (Lipinski definition) is 22. The first-order chi connectivity index (χ1) is 46.7. The number of esters is 1. The predicted octanol–water partition coefficient (Wildman–Crippen LogP) is -2.28. The summed E-state index contributed by atoms with van der Waals surface area (Å²) >= 11 is 2.43. The van der Waals surface area contributed by atoms with Gasteiger partial charge >= 0.3 is 11.9 Å². The van der Waals surface area contributed by atoms with Crippen LogP contribution < -0.4 is 64.5 Å². The second kappa shape index (κ2) is 41.2. The smallest absolute Gasteiger partial charge is 0.305 e. The van der Waals surface area contributed by atoms with Gasteiger partial charge in [0.2, 0.25) is 65.0 Å². The number of carboxylic acid groups (broad SMARTS) is 1. The van der Waals surface area contributed by atoms with Crippen LogP contribution in [0.15, 0.2) is 23.4 Å². The van der Waals surface area contributed by atoms with E-state index in [1.165, 1.54) is 28.4 Å². The van der Waals surface area contributed by atoms with Gasteiger partial charge in [-0.3, -0.25) is 67.1 Å². The minimum Gasteiger partial charge on any atom is -0.494 e. The van der Waals surface area contributed by atoms with E-state index in [1.807, 2.05) is 12.1 Å². The molecule has 35 heteroatoms. The van der Waals surface area contributed by atoms with Crippen molar-refractivity contribution in [2.75, 3.05) is 51.5 Å². The Hall–Kier alpha value is -8.31. The number of nitrogens with one attached hydrogen (secondary N) is 8. The zero-order valence-electron chi connectivity index (χ0n) is 55.8. The minimum absolute atomic E-state index is 0.0275. The van der Waals surface area contributed by atoms with Crippen molar-refractivity contribution < 1.29 is 91.6 Å². The number of primary amides is 2. The molecule has 0 saturated carbocycles. The summed E-state index contributed by atoms with van der Waals surface area (Å²) in [6.45, 7) is 5.25. The summed E-state index contributed by atoms with van der Waals surface area (Å²) in [5.74, 6) is -13.2. The minimum atomic E-state index is -1.96. The number of aliphatic hydroxyl groups is 1. The number of amides is 12. The van der Waals surface area contributed by atoms with Crippen LogP contribution in [0.25, 0.3) is 0 Å². The number of methoxy groups -OCH3 is 1. The number of aliphatic carboxylic acids is 1. The molecule has 0 unspecified atom stereocenters. The Morgan fingerprint density at radius 2 is 1.17 bits per heavy atom. The van der Waals surface area contributed by atoms with Gasteiger partial charge in [0, 0.05) is 48.9 Å². The van der Waals surface area contributed by atoms with Crippen molar-refractivity contribution >= 4 is 113 Å². The highest BCUT2D eigenvalue weighted by atomic mass is 32.2. The van der Waals surface area contributed by atoms with Gasteiger partial charge in [0.05, 0.1) is 26.2 Å². The van der Waals surface area contributed by atoms with Crippen LogP contribution in [0.5, 0.6) is 5.75 Å². The Labute approximate surface area is 576 Å². The van der Waals surface area contributed by atoms with Gasteiger partial charge in [0.15, 0.2) is 0 Å². The number of nitrogens with zero attached hydrogens (tertiary/aromatic N) is 3. The number of hydrogen-bond donors (Lipinski definition) is 13. The van der Waals surface area contributed by atoms with Crippen LogP contribution in [-0.2, 0) is 88.2 Å². The van der Waals surface area contributed by atoms with E-state index in [0.717, 1.165) is 38.0 Å². The van der Waals surface area contributed by atoms with Crippen molar-refractivity contribution in [1.82, 2.24) is 52.3 Å². The number of rotatable bonds is 16. The summed E-state index contributed by atoms with van der Waals surface area (Å²) in [5, 5.41) is 45.3. The van der Waals surface area contributed by atoms with Crippen LogP contribution in [0.2, 0.25) is 0 Å². The number of carboxylic acids is 1. The predicted molar refractivity (Wildman–Crippen MR) is 357 cm³/mol. The highest BCUT2D eigenvalue weighted by Crippen LogP contribution is 2.28. The molecule has 1 aromatic rings. The molecule has 4 aliphatic rings. The molecule has 12 amide bonds. The van der Waals surface area contributed by atoms with E-state index in [-0.39, 0.29) is 87.3 Å². The maximum atomic E-state index is 15.1. The third kappa shape index (κ3) is 26.5. The molecular weight excluding hydrogens is 1320 g/mol. The zero-order chi connectivity index (χ0) is 72.0. The number of benzene rings is 1. The Kier molecular flexibility index (Phi) is 33.8. The molecule has 0 spiro atoms. The molecule has 33 nitrogen and oxygen atoms in total. The average Bonchev–Trinajstić information content (AvgIpc) is 1.50. The fourth-order valence-corrected chi connectivity index (χ4v) is 13.4. The Morgan fingerprint density at radius 3 is 1.77 bits per heavy atom. The van der Waals surface area contributed by atoms with E-state index in [9.17, 15) is 72.5 Å². The molecule has 11 atom stereocenters. The summed E-state index contributed by atoms with van der Waals surface area (Å²) in [5.41, 5.74) is 18.5. The van der Waals surface area contributed by atoms with Crippen LogP contribution >= 0.6 is 23.5 Å². The van der Waals surface area contributed by atoms with Crippen LogP contribution in [0.3, 0.4) is 0 Å². The quantitative estimate of drug-likeness (QED) is 0.0612. The molecule has 4 bridgehead atoms. The van der Waals surface area contributed by atoms with Crippen molar-refractivity contribution in [2.24, 2.45) is 28.3 Å². The number of oxime groups is 1. The molecule has 1 aromatic carbocycles. The molecule has 16 N–H and O–H groups in total. The second-order valence-electron chi connectivity index (χ2n) is 24.9. The zero-order valence-corrected chi connectivity index (χ0v) is 57.5. The van der Waals surface area contributed by atoms with Crippen LogP contribution in [-0.4, -0.2) is 227 Å². The van der Waals surface area contributed by atoms with Crippen molar-refractivity contribution in [3.63, 3.8) is 0 Å². The highest BCUT2D eigenvalue weighted by molar-refractivity contribution is 7.98. The van der Waals surface area contributed by atoms with Gasteiger partial charge in [-0.2, -0.15) is 23.5 Å². The molecule has 544 valence electrons. The molecular formula is C63H96N14O19S2. The fourth-order valence-electron chi connectivity index (χ4n) is 11.4. The molecule has 4 heterocycles. The van der Waals surface area contributed by atoms with Crippen molar-refractivity contribution in [3.05, 3.63) is 29.3 Å². The van der Waals surface area contributed by atoms with Gasteiger partial charge in [-0.15, -0.1) is 0 Å². The molecule has 0 aliphatic carbocycles. The van der Waals surface area contributed by atoms with E-state index in [0.29, 0.717) is 55.6 Å². The standard InChI is InChI=1S/C63H96N14O19S2/c1-35(2)25-43-58(88)71-44(29-51(81)82)59(89)75-53(36(3)78)63(93)77-22-12-15-48(77)60(90)70-41(16-18-49(65)79)56(86)69-42(17-19-52(83)94-4)57(87)73-45(54(66)84)33-97-31-37-26-38-28-39(27-37)95-23-9-5-6-10-24-96-67-30-50(80)68-40(13-7-8-20-64)55(85)74-46(34-98-32-38)62(92)76-21-11-14-47(76)61(91)72-43/h26-28,30,35-36,40-48,53,78H,5-25,29,31-34,64H2,1-4H3,(H2,65,79)(H2,66,84)(H,68,80)(H,69,86)(H,70,90)(H,71,88)(H,72,91)(H,73,87)(H,74,85)(H,75,89)(H,81,82)/b67-30+/t36-,40+,41+,42+,43+,44+,45+,46+,47+,48+,53+/m1/s1. The largest absolute Gasteiger partial charge is 0.494 e. The average molecular weight is 1420 g/mol. The second-order valence-corrected chi connectivity index (χ2v) is 27.0. The third-order valence-corrected chi connectivity index (χ3v) is 18.7. The number of fused-ring (bicyclic) bond motifs is 7. The lowest BCUT2D eigenvalue weighted by Crippen LogP contribution is -2.62. The van der Waals surface area contributed by atoms with Gasteiger partial charge < -0.3 is 94.1 Å². The topological polar surface area (TPSA) is 500 Å². The van der Waals surface area contributed by atoms with Gasteiger partial charge in [-0.1, -0.05) is 25.1 Å². The lowest BCUT2D eigenvalue weighted by atomic mass is 10.0. The number of thioether (sulfide) groups is 2. The number of carbonyl (C=O) groups is 14. The molecule has 2 fully saturated rings. The number of aliphatic hydroxyl groups excluding tert-OH is 1. The van der Waals surface area contributed by atoms with Crippen LogP contribution in [0.4, 0.5) is 0 Å². The van der Waals surface area contributed by atoms with E-state index in [2.05, 4.69) is 47.7 Å². The van der Waals surface area contributed by atoms with Crippen LogP contribution in [0.1, 0.15) is 141 Å². The van der Waals surface area contributed by atoms with E-state index in [1.54, 1.807) is 19.9 Å². The van der Waals surface area contributed by atoms with Crippen LogP contribution in [0, 0.1) is 5.92 Å².